The van der Waals surface area contributed by atoms with E-state index in [1.165, 1.54) is 11.1 Å². The zero-order valence-corrected chi connectivity index (χ0v) is 17.1. The van der Waals surface area contributed by atoms with Crippen LogP contribution in [-0.4, -0.2) is 28.5 Å². The predicted octanol–water partition coefficient (Wildman–Crippen LogP) is 4.83. The highest BCUT2D eigenvalue weighted by molar-refractivity contribution is 5.64. The number of nitrogens with one attached hydrogen (secondary N) is 1. The summed E-state index contributed by atoms with van der Waals surface area (Å²) in [4.78, 5) is 15.8. The second kappa shape index (κ2) is 9.65. The molecule has 0 amide bonds. The minimum Gasteiger partial charge on any atom is -0.359 e. The van der Waals surface area contributed by atoms with Gasteiger partial charge in [-0.15, -0.1) is 0 Å². The molecule has 0 fully saturated rings. The molecule has 5 heteroatoms. The van der Waals surface area contributed by atoms with Gasteiger partial charge in [0, 0.05) is 44.2 Å². The van der Waals surface area contributed by atoms with Crippen molar-refractivity contribution in [1.29, 1.82) is 0 Å². The lowest BCUT2D eigenvalue weighted by molar-refractivity contribution is 0.854. The monoisotopic (exact) mass is 395 g/mol. The molecule has 0 aliphatic rings. The van der Waals surface area contributed by atoms with Crippen LogP contribution in [0.5, 0.6) is 0 Å². The van der Waals surface area contributed by atoms with Crippen LogP contribution in [0.4, 0.5) is 11.8 Å². The number of rotatable bonds is 8. The molecule has 0 aliphatic carbocycles. The van der Waals surface area contributed by atoms with E-state index in [0.717, 1.165) is 30.0 Å². The third kappa shape index (κ3) is 5.20. The Bertz CT molecular complexity index is 1050. The van der Waals surface area contributed by atoms with Gasteiger partial charge in [-0.2, -0.15) is 4.98 Å². The molecule has 0 radical (unpaired) electrons. The molecule has 0 unspecified atom stereocenters. The van der Waals surface area contributed by atoms with Gasteiger partial charge in [-0.25, -0.2) is 4.98 Å². The molecule has 1 N–H and O–H groups in total. The minimum absolute atomic E-state index is 0.631. The lowest BCUT2D eigenvalue weighted by Gasteiger charge is -2.20. The zero-order valence-electron chi connectivity index (χ0n) is 17.1. The van der Waals surface area contributed by atoms with Crippen molar-refractivity contribution in [3.05, 3.63) is 102 Å². The third-order valence-electron chi connectivity index (χ3n) is 4.95. The number of likely N-dealkylation sites (N-methyl/N-ethyl adjacent to an activating group) is 1. The Morgan fingerprint density at radius 2 is 1.50 bits per heavy atom. The van der Waals surface area contributed by atoms with Gasteiger partial charge in [0.25, 0.3) is 0 Å². The van der Waals surface area contributed by atoms with Crippen LogP contribution < -0.4 is 10.2 Å². The fourth-order valence-corrected chi connectivity index (χ4v) is 3.20. The molecule has 0 spiro atoms. The summed E-state index contributed by atoms with van der Waals surface area (Å²) in [6.45, 7) is 1.53. The van der Waals surface area contributed by atoms with E-state index in [9.17, 15) is 0 Å². The smallest absolute Gasteiger partial charge is 0.225 e. The van der Waals surface area contributed by atoms with Crippen molar-refractivity contribution in [3.8, 4) is 11.3 Å². The minimum atomic E-state index is 0.631. The lowest BCUT2D eigenvalue weighted by Crippen LogP contribution is -2.22. The summed E-state index contributed by atoms with van der Waals surface area (Å²) in [5, 5.41) is 3.38. The molecule has 5 nitrogen and oxygen atoms in total. The normalized spacial score (nSPS) is 10.6. The fourth-order valence-electron chi connectivity index (χ4n) is 3.20. The molecule has 0 bridgehead atoms. The van der Waals surface area contributed by atoms with Gasteiger partial charge in [0.15, 0.2) is 0 Å². The fraction of sp³-hybridized carbons (Fsp3) is 0.160. The molecule has 0 atom stereocenters. The second-order valence-electron chi connectivity index (χ2n) is 7.17. The SMILES string of the molecule is CN(CCc1ccncc1)c1cc(-c2ccccc2)nc(NCc2ccccc2)n1. The molecule has 0 aliphatic heterocycles. The summed E-state index contributed by atoms with van der Waals surface area (Å²) in [5.41, 5.74) is 4.44. The van der Waals surface area contributed by atoms with E-state index in [-0.39, 0.29) is 0 Å². The van der Waals surface area contributed by atoms with Crippen molar-refractivity contribution in [1.82, 2.24) is 15.0 Å². The van der Waals surface area contributed by atoms with Gasteiger partial charge in [-0.05, 0) is 29.7 Å². The first kappa shape index (κ1) is 19.6. The molecular formula is C25H25N5. The van der Waals surface area contributed by atoms with E-state index in [4.69, 9.17) is 9.97 Å². The van der Waals surface area contributed by atoms with Gasteiger partial charge in [0.2, 0.25) is 5.95 Å². The Hall–Kier alpha value is -3.73. The van der Waals surface area contributed by atoms with Crippen molar-refractivity contribution in [2.75, 3.05) is 23.8 Å². The van der Waals surface area contributed by atoms with Crippen molar-refractivity contribution < 1.29 is 0 Å². The second-order valence-corrected chi connectivity index (χ2v) is 7.17. The van der Waals surface area contributed by atoms with Crippen LogP contribution in [0.1, 0.15) is 11.1 Å². The van der Waals surface area contributed by atoms with Gasteiger partial charge in [0.05, 0.1) is 5.69 Å². The summed E-state index contributed by atoms with van der Waals surface area (Å²) < 4.78 is 0. The Morgan fingerprint density at radius 1 is 0.800 bits per heavy atom. The maximum Gasteiger partial charge on any atom is 0.225 e. The molecular weight excluding hydrogens is 370 g/mol. The number of hydrogen-bond donors (Lipinski definition) is 1. The summed E-state index contributed by atoms with van der Waals surface area (Å²) in [6, 6.07) is 26.7. The predicted molar refractivity (Wildman–Crippen MR) is 122 cm³/mol. The number of hydrogen-bond acceptors (Lipinski definition) is 5. The molecule has 4 rings (SSSR count). The lowest BCUT2D eigenvalue weighted by atomic mass is 10.1. The Morgan fingerprint density at radius 3 is 2.23 bits per heavy atom. The summed E-state index contributed by atoms with van der Waals surface area (Å²) >= 11 is 0. The molecule has 2 aromatic heterocycles. The van der Waals surface area contributed by atoms with Crippen molar-refractivity contribution in [2.24, 2.45) is 0 Å². The van der Waals surface area contributed by atoms with Crippen molar-refractivity contribution in [2.45, 2.75) is 13.0 Å². The molecule has 4 aromatic rings. The van der Waals surface area contributed by atoms with E-state index in [0.29, 0.717) is 12.5 Å². The third-order valence-corrected chi connectivity index (χ3v) is 4.95. The van der Waals surface area contributed by atoms with E-state index in [1.54, 1.807) is 0 Å². The summed E-state index contributed by atoms with van der Waals surface area (Å²) in [5.74, 6) is 1.53. The Balaban J connectivity index is 1.56. The molecule has 0 saturated heterocycles. The quantitative estimate of drug-likeness (QED) is 0.463. The molecule has 150 valence electrons. The molecule has 30 heavy (non-hydrogen) atoms. The van der Waals surface area contributed by atoms with E-state index in [2.05, 4.69) is 64.7 Å². The maximum atomic E-state index is 4.78. The first-order chi connectivity index (χ1) is 14.8. The van der Waals surface area contributed by atoms with Crippen molar-refractivity contribution in [3.63, 3.8) is 0 Å². The van der Waals surface area contributed by atoms with E-state index >= 15 is 0 Å². The van der Waals surface area contributed by atoms with Gasteiger partial charge in [0.1, 0.15) is 5.82 Å². The average Bonchev–Trinajstić information content (AvgIpc) is 2.83. The van der Waals surface area contributed by atoms with E-state index < -0.39 is 0 Å². The topological polar surface area (TPSA) is 53.9 Å². The number of pyridine rings is 1. The van der Waals surface area contributed by atoms with Crippen LogP contribution in [0, 0.1) is 0 Å². The van der Waals surface area contributed by atoms with Gasteiger partial charge in [-0.1, -0.05) is 60.7 Å². The largest absolute Gasteiger partial charge is 0.359 e. The Labute approximate surface area is 177 Å². The highest BCUT2D eigenvalue weighted by Crippen LogP contribution is 2.23. The highest BCUT2D eigenvalue weighted by Gasteiger charge is 2.10. The van der Waals surface area contributed by atoms with E-state index in [1.807, 2.05) is 48.8 Å². The number of nitrogens with zero attached hydrogens (tertiary/aromatic N) is 4. The maximum absolute atomic E-state index is 4.78. The average molecular weight is 396 g/mol. The molecule has 0 saturated carbocycles. The number of anilines is 2. The standard InChI is InChI=1S/C25H25N5/c1-30(17-14-20-12-15-26-16-13-20)24-18-23(22-10-6-3-7-11-22)28-25(29-24)27-19-21-8-4-2-5-9-21/h2-13,15-16,18H,14,17,19H2,1H3,(H,27,28,29). The highest BCUT2D eigenvalue weighted by atomic mass is 15.2. The van der Waals surface area contributed by atoms with Crippen LogP contribution in [0.25, 0.3) is 11.3 Å². The van der Waals surface area contributed by atoms with Crippen LogP contribution in [0.3, 0.4) is 0 Å². The first-order valence-corrected chi connectivity index (χ1v) is 10.1. The number of aromatic nitrogens is 3. The summed E-state index contributed by atoms with van der Waals surface area (Å²) in [7, 11) is 2.07. The zero-order chi connectivity index (χ0) is 20.6. The number of benzene rings is 2. The first-order valence-electron chi connectivity index (χ1n) is 10.1. The van der Waals surface area contributed by atoms with Gasteiger partial charge in [-0.3, -0.25) is 4.98 Å². The van der Waals surface area contributed by atoms with Crippen LogP contribution in [-0.2, 0) is 13.0 Å². The van der Waals surface area contributed by atoms with Crippen LogP contribution >= 0.6 is 0 Å². The molecule has 2 aromatic carbocycles. The van der Waals surface area contributed by atoms with Crippen LogP contribution in [0.15, 0.2) is 91.3 Å². The van der Waals surface area contributed by atoms with Gasteiger partial charge >= 0.3 is 0 Å². The van der Waals surface area contributed by atoms with Crippen LogP contribution in [0.2, 0.25) is 0 Å². The van der Waals surface area contributed by atoms with Gasteiger partial charge < -0.3 is 10.2 Å². The Kier molecular flexibility index (Phi) is 6.30. The molecule has 2 heterocycles. The van der Waals surface area contributed by atoms with Crippen molar-refractivity contribution >= 4 is 11.8 Å². The summed E-state index contributed by atoms with van der Waals surface area (Å²) in [6.07, 6.45) is 4.59.